The number of hydrogen-bond acceptors (Lipinski definition) is 2. The molecule has 1 aromatic heterocycles. The fourth-order valence-corrected chi connectivity index (χ4v) is 3.97. The smallest absolute Gasteiger partial charge is 0.0701 e. The van der Waals surface area contributed by atoms with Crippen molar-refractivity contribution in [2.45, 2.75) is 25.3 Å². The first-order chi connectivity index (χ1) is 8.78. The van der Waals surface area contributed by atoms with Gasteiger partial charge in [-0.1, -0.05) is 18.2 Å². The minimum absolute atomic E-state index is 0.304. The van der Waals surface area contributed by atoms with E-state index in [-0.39, 0.29) is 0 Å². The molecule has 1 aromatic carbocycles. The third-order valence-electron chi connectivity index (χ3n) is 3.67. The van der Waals surface area contributed by atoms with Gasteiger partial charge in [-0.3, -0.25) is 0 Å². The van der Waals surface area contributed by atoms with E-state index < -0.39 is 0 Å². The molecule has 1 N–H and O–H groups in total. The van der Waals surface area contributed by atoms with E-state index >= 15 is 0 Å². The Balaban J connectivity index is 1.96. The van der Waals surface area contributed by atoms with E-state index in [1.54, 1.807) is 22.5 Å². The Morgan fingerprint density at radius 2 is 2.00 bits per heavy atom. The predicted molar refractivity (Wildman–Crippen MR) is 81.4 cm³/mol. The van der Waals surface area contributed by atoms with Gasteiger partial charge in [0.1, 0.15) is 0 Å². The molecule has 18 heavy (non-hydrogen) atoms. The van der Waals surface area contributed by atoms with Crippen molar-refractivity contribution in [1.29, 1.82) is 0 Å². The number of benzene rings is 1. The molecule has 0 spiro atoms. The Morgan fingerprint density at radius 3 is 2.72 bits per heavy atom. The number of aryl methyl sites for hydroxylation is 2. The Kier molecular flexibility index (Phi) is 3.55. The van der Waals surface area contributed by atoms with Crippen molar-refractivity contribution in [2.75, 3.05) is 7.05 Å². The topological polar surface area (TPSA) is 12.0 Å². The molecule has 1 aliphatic rings. The van der Waals surface area contributed by atoms with Crippen LogP contribution in [0.1, 0.15) is 34.7 Å². The monoisotopic (exact) mass is 321 g/mol. The van der Waals surface area contributed by atoms with Crippen molar-refractivity contribution in [3.05, 3.63) is 55.7 Å². The first-order valence-electron chi connectivity index (χ1n) is 6.31. The molecule has 0 saturated heterocycles. The summed E-state index contributed by atoms with van der Waals surface area (Å²) < 4.78 is 1.19. The van der Waals surface area contributed by atoms with Gasteiger partial charge >= 0.3 is 0 Å². The van der Waals surface area contributed by atoms with Gasteiger partial charge in [0.25, 0.3) is 0 Å². The summed E-state index contributed by atoms with van der Waals surface area (Å²) >= 11 is 5.29. The van der Waals surface area contributed by atoms with Crippen LogP contribution >= 0.6 is 27.3 Å². The van der Waals surface area contributed by atoms with Gasteiger partial charge in [0, 0.05) is 0 Å². The molecule has 1 unspecified atom stereocenters. The highest BCUT2D eigenvalue weighted by molar-refractivity contribution is 9.11. The molecule has 0 saturated carbocycles. The molecule has 1 atom stereocenters. The van der Waals surface area contributed by atoms with Gasteiger partial charge in [0.2, 0.25) is 0 Å². The van der Waals surface area contributed by atoms with E-state index in [1.165, 1.54) is 34.2 Å². The van der Waals surface area contributed by atoms with Gasteiger partial charge in [-0.2, -0.15) is 0 Å². The van der Waals surface area contributed by atoms with E-state index in [1.807, 2.05) is 7.05 Å². The van der Waals surface area contributed by atoms with Crippen LogP contribution in [0.25, 0.3) is 0 Å². The summed E-state index contributed by atoms with van der Waals surface area (Å²) in [6, 6.07) is 9.48. The standard InChI is InChI=1S/C15H16BrNS/c1-17-15(13-8-14(16)18-9-13)12-6-5-10-3-2-4-11(10)7-12/h5-9,15,17H,2-4H2,1H3. The van der Waals surface area contributed by atoms with Crippen LogP contribution in [-0.4, -0.2) is 7.05 Å². The SMILES string of the molecule is CNC(c1csc(Br)c1)c1ccc2c(c1)CCC2. The molecule has 2 aromatic rings. The lowest BCUT2D eigenvalue weighted by Gasteiger charge is -2.16. The molecule has 0 aliphatic heterocycles. The molecule has 3 rings (SSSR count). The third kappa shape index (κ3) is 2.27. The van der Waals surface area contributed by atoms with E-state index in [0.29, 0.717) is 6.04 Å². The minimum atomic E-state index is 0.304. The quantitative estimate of drug-likeness (QED) is 0.888. The van der Waals surface area contributed by atoms with Crippen LogP contribution in [0.2, 0.25) is 0 Å². The highest BCUT2D eigenvalue weighted by Gasteiger charge is 2.17. The number of rotatable bonds is 3. The molecule has 94 valence electrons. The van der Waals surface area contributed by atoms with E-state index in [4.69, 9.17) is 0 Å². The van der Waals surface area contributed by atoms with Crippen molar-refractivity contribution >= 4 is 27.3 Å². The van der Waals surface area contributed by atoms with Gasteiger partial charge in [0.15, 0.2) is 0 Å². The average molecular weight is 322 g/mol. The van der Waals surface area contributed by atoms with Gasteiger partial charge in [-0.25, -0.2) is 0 Å². The molecule has 1 nitrogen and oxygen atoms in total. The van der Waals surface area contributed by atoms with Crippen LogP contribution in [0.4, 0.5) is 0 Å². The van der Waals surface area contributed by atoms with Gasteiger partial charge in [-0.05, 0) is 75.9 Å². The van der Waals surface area contributed by atoms with Crippen molar-refractivity contribution < 1.29 is 0 Å². The second-order valence-electron chi connectivity index (χ2n) is 4.79. The summed E-state index contributed by atoms with van der Waals surface area (Å²) in [5, 5.41) is 5.65. The lowest BCUT2D eigenvalue weighted by atomic mass is 9.97. The Labute approximate surface area is 120 Å². The Hall–Kier alpha value is -0.640. The number of halogens is 1. The molecule has 3 heteroatoms. The molecular formula is C15H16BrNS. The maximum Gasteiger partial charge on any atom is 0.0701 e. The Morgan fingerprint density at radius 1 is 1.17 bits per heavy atom. The third-order valence-corrected chi connectivity index (χ3v) is 5.19. The number of thiophene rings is 1. The summed E-state index contributed by atoms with van der Waals surface area (Å²) in [7, 11) is 2.03. The summed E-state index contributed by atoms with van der Waals surface area (Å²) in [4.78, 5) is 0. The second kappa shape index (κ2) is 5.16. The highest BCUT2D eigenvalue weighted by Crippen LogP contribution is 2.31. The van der Waals surface area contributed by atoms with Crippen molar-refractivity contribution in [3.8, 4) is 0 Å². The summed E-state index contributed by atoms with van der Waals surface area (Å²) in [5.41, 5.74) is 5.80. The van der Waals surface area contributed by atoms with Gasteiger partial charge in [-0.15, -0.1) is 11.3 Å². The van der Waals surface area contributed by atoms with Crippen LogP contribution in [0.3, 0.4) is 0 Å². The van der Waals surface area contributed by atoms with E-state index in [2.05, 4.69) is 50.9 Å². The van der Waals surface area contributed by atoms with Crippen LogP contribution in [0.5, 0.6) is 0 Å². The minimum Gasteiger partial charge on any atom is -0.309 e. The first kappa shape index (κ1) is 12.4. The van der Waals surface area contributed by atoms with E-state index in [0.717, 1.165) is 0 Å². The fraction of sp³-hybridized carbons (Fsp3) is 0.333. The zero-order chi connectivity index (χ0) is 12.5. The van der Waals surface area contributed by atoms with Gasteiger partial charge in [0.05, 0.1) is 9.83 Å². The second-order valence-corrected chi connectivity index (χ2v) is 7.08. The molecule has 1 heterocycles. The lowest BCUT2D eigenvalue weighted by molar-refractivity contribution is 0.693. The zero-order valence-corrected chi connectivity index (χ0v) is 12.8. The molecule has 1 aliphatic carbocycles. The predicted octanol–water partition coefficient (Wildman–Crippen LogP) is 4.31. The molecular weight excluding hydrogens is 306 g/mol. The number of fused-ring (bicyclic) bond motifs is 1. The maximum absolute atomic E-state index is 3.54. The van der Waals surface area contributed by atoms with Crippen LogP contribution in [-0.2, 0) is 12.8 Å². The molecule has 0 radical (unpaired) electrons. The van der Waals surface area contributed by atoms with Gasteiger partial charge < -0.3 is 5.32 Å². The van der Waals surface area contributed by atoms with Crippen LogP contribution in [0, 0.1) is 0 Å². The zero-order valence-electron chi connectivity index (χ0n) is 10.4. The summed E-state index contributed by atoms with van der Waals surface area (Å²) in [6.07, 6.45) is 3.81. The van der Waals surface area contributed by atoms with E-state index in [9.17, 15) is 0 Å². The van der Waals surface area contributed by atoms with Crippen molar-refractivity contribution in [2.24, 2.45) is 0 Å². The molecule has 0 fully saturated rings. The number of nitrogens with one attached hydrogen (secondary N) is 1. The van der Waals surface area contributed by atoms with Crippen LogP contribution in [0.15, 0.2) is 33.4 Å². The largest absolute Gasteiger partial charge is 0.309 e. The average Bonchev–Trinajstić information content (AvgIpc) is 2.99. The lowest BCUT2D eigenvalue weighted by Crippen LogP contribution is -2.17. The summed E-state index contributed by atoms with van der Waals surface area (Å²) in [6.45, 7) is 0. The Bertz CT molecular complexity index is 561. The van der Waals surface area contributed by atoms with Crippen molar-refractivity contribution in [1.82, 2.24) is 5.32 Å². The van der Waals surface area contributed by atoms with Crippen LogP contribution < -0.4 is 5.32 Å². The summed E-state index contributed by atoms with van der Waals surface area (Å²) in [5.74, 6) is 0. The normalized spacial score (nSPS) is 15.7. The number of hydrogen-bond donors (Lipinski definition) is 1. The fourth-order valence-electron chi connectivity index (χ4n) is 2.77. The van der Waals surface area contributed by atoms with Crippen molar-refractivity contribution in [3.63, 3.8) is 0 Å². The maximum atomic E-state index is 3.54. The molecule has 0 amide bonds. The molecule has 0 bridgehead atoms. The highest BCUT2D eigenvalue weighted by atomic mass is 79.9. The first-order valence-corrected chi connectivity index (χ1v) is 7.98.